The predicted molar refractivity (Wildman–Crippen MR) is 119 cm³/mol. The molecule has 0 saturated heterocycles. The summed E-state index contributed by atoms with van der Waals surface area (Å²) in [6, 6.07) is 11.0. The van der Waals surface area contributed by atoms with Crippen molar-refractivity contribution in [2.24, 2.45) is 0 Å². The van der Waals surface area contributed by atoms with Gasteiger partial charge in [0.25, 0.3) is 11.8 Å². The smallest absolute Gasteiger partial charge is 0.272 e. The molecule has 1 aromatic carbocycles. The number of carbonyl (C=O) groups excluding carboxylic acids is 3. The highest BCUT2D eigenvalue weighted by Gasteiger charge is 2.46. The molecule has 32 heavy (non-hydrogen) atoms. The molecule has 0 saturated carbocycles. The first-order chi connectivity index (χ1) is 15.2. The zero-order valence-corrected chi connectivity index (χ0v) is 19.1. The Kier molecular flexibility index (Phi) is 7.29. The highest BCUT2D eigenvalue weighted by molar-refractivity contribution is 6.01. The standard InChI is InChI=1S/C23H31N5O4/c1-16(2)32-12-8-11-24-20(29)18-13-19-21(30)27(4)23(3,15-28(19)26-18)22(31)25-14-17-9-6-5-7-10-17/h5-7,9-10,13,16H,8,11-12,14-15H2,1-4H3,(H,24,29)(H,25,31). The average Bonchev–Trinajstić information content (AvgIpc) is 3.20. The van der Waals surface area contributed by atoms with E-state index in [2.05, 4.69) is 15.7 Å². The van der Waals surface area contributed by atoms with E-state index >= 15 is 0 Å². The van der Waals surface area contributed by atoms with Crippen molar-refractivity contribution in [1.29, 1.82) is 0 Å². The number of rotatable bonds is 9. The zero-order valence-electron chi connectivity index (χ0n) is 19.1. The van der Waals surface area contributed by atoms with Gasteiger partial charge in [0, 0.05) is 32.8 Å². The molecule has 1 aliphatic rings. The van der Waals surface area contributed by atoms with E-state index < -0.39 is 5.54 Å². The van der Waals surface area contributed by atoms with Crippen LogP contribution >= 0.6 is 0 Å². The van der Waals surface area contributed by atoms with Gasteiger partial charge in [-0.3, -0.25) is 19.1 Å². The fourth-order valence-electron chi connectivity index (χ4n) is 3.49. The highest BCUT2D eigenvalue weighted by atomic mass is 16.5. The lowest BCUT2D eigenvalue weighted by Gasteiger charge is -2.40. The van der Waals surface area contributed by atoms with E-state index in [1.54, 1.807) is 14.0 Å². The third-order valence-corrected chi connectivity index (χ3v) is 5.58. The van der Waals surface area contributed by atoms with Crippen LogP contribution in [0.15, 0.2) is 36.4 Å². The minimum absolute atomic E-state index is 0.146. The predicted octanol–water partition coefficient (Wildman–Crippen LogP) is 1.59. The van der Waals surface area contributed by atoms with Crippen LogP contribution in [0.1, 0.15) is 53.7 Å². The lowest BCUT2D eigenvalue weighted by atomic mass is 9.96. The quantitative estimate of drug-likeness (QED) is 0.575. The lowest BCUT2D eigenvalue weighted by molar-refractivity contribution is -0.132. The molecule has 9 heteroatoms. The third kappa shape index (κ3) is 5.16. The Bertz CT molecular complexity index is 972. The highest BCUT2D eigenvalue weighted by Crippen LogP contribution is 2.26. The van der Waals surface area contributed by atoms with E-state index in [9.17, 15) is 14.4 Å². The van der Waals surface area contributed by atoms with Crippen LogP contribution in [0.5, 0.6) is 0 Å². The molecule has 2 heterocycles. The first-order valence-electron chi connectivity index (χ1n) is 10.8. The van der Waals surface area contributed by atoms with Crippen LogP contribution < -0.4 is 10.6 Å². The summed E-state index contributed by atoms with van der Waals surface area (Å²) < 4.78 is 6.90. The SMILES string of the molecule is CC(C)OCCCNC(=O)c1cc2n(n1)CC(C)(C(=O)NCc1ccccc1)N(C)C2=O. The number of carbonyl (C=O) groups is 3. The Morgan fingerprint density at radius 1 is 1.22 bits per heavy atom. The van der Waals surface area contributed by atoms with E-state index in [-0.39, 0.29) is 41.8 Å². The Hall–Kier alpha value is -3.20. The average molecular weight is 442 g/mol. The molecule has 2 aromatic rings. The molecular weight excluding hydrogens is 410 g/mol. The third-order valence-electron chi connectivity index (χ3n) is 5.58. The Morgan fingerprint density at radius 3 is 2.62 bits per heavy atom. The number of nitrogens with zero attached hydrogens (tertiary/aromatic N) is 3. The molecule has 3 rings (SSSR count). The van der Waals surface area contributed by atoms with Gasteiger partial charge in [0.05, 0.1) is 12.6 Å². The second-order valence-electron chi connectivity index (χ2n) is 8.41. The summed E-state index contributed by atoms with van der Waals surface area (Å²) in [6.45, 7) is 7.12. The maximum Gasteiger partial charge on any atom is 0.272 e. The normalized spacial score (nSPS) is 17.9. The summed E-state index contributed by atoms with van der Waals surface area (Å²) in [5, 5.41) is 10.00. The molecule has 2 N–H and O–H groups in total. The van der Waals surface area contributed by atoms with Crippen LogP contribution in [0.4, 0.5) is 0 Å². The molecule has 1 aromatic heterocycles. The molecule has 1 aliphatic heterocycles. The first kappa shape index (κ1) is 23.5. The van der Waals surface area contributed by atoms with E-state index in [1.807, 2.05) is 44.2 Å². The molecule has 3 amide bonds. The van der Waals surface area contributed by atoms with Gasteiger partial charge >= 0.3 is 0 Å². The number of likely N-dealkylation sites (N-methyl/N-ethyl adjacent to an activating group) is 1. The minimum Gasteiger partial charge on any atom is -0.379 e. The van der Waals surface area contributed by atoms with Crippen molar-refractivity contribution >= 4 is 17.7 Å². The largest absolute Gasteiger partial charge is 0.379 e. The molecule has 9 nitrogen and oxygen atoms in total. The zero-order chi connectivity index (χ0) is 23.3. The second-order valence-corrected chi connectivity index (χ2v) is 8.41. The molecule has 0 fully saturated rings. The summed E-state index contributed by atoms with van der Waals surface area (Å²) in [5.41, 5.74) is 0.272. The van der Waals surface area contributed by atoms with Crippen molar-refractivity contribution in [3.8, 4) is 0 Å². The maximum absolute atomic E-state index is 13.0. The van der Waals surface area contributed by atoms with Crippen molar-refractivity contribution in [1.82, 2.24) is 25.3 Å². The maximum atomic E-state index is 13.0. The number of benzene rings is 1. The molecule has 0 bridgehead atoms. The van der Waals surface area contributed by atoms with Gasteiger partial charge in [-0.15, -0.1) is 0 Å². The number of nitrogens with one attached hydrogen (secondary N) is 2. The van der Waals surface area contributed by atoms with Crippen molar-refractivity contribution in [3.63, 3.8) is 0 Å². The van der Waals surface area contributed by atoms with Crippen molar-refractivity contribution in [2.45, 2.75) is 51.9 Å². The number of hydrogen-bond donors (Lipinski definition) is 2. The Labute approximate surface area is 188 Å². The van der Waals surface area contributed by atoms with Crippen LogP contribution in [0.2, 0.25) is 0 Å². The fraction of sp³-hybridized carbons (Fsp3) is 0.478. The van der Waals surface area contributed by atoms with Crippen LogP contribution in [0.3, 0.4) is 0 Å². The summed E-state index contributed by atoms with van der Waals surface area (Å²) in [4.78, 5) is 39.8. The molecule has 1 unspecified atom stereocenters. The molecule has 0 radical (unpaired) electrons. The van der Waals surface area contributed by atoms with Gasteiger partial charge in [0.1, 0.15) is 11.2 Å². The minimum atomic E-state index is -1.13. The molecule has 1 atom stereocenters. The summed E-state index contributed by atoms with van der Waals surface area (Å²) >= 11 is 0. The van der Waals surface area contributed by atoms with Crippen LogP contribution in [0, 0.1) is 0 Å². The van der Waals surface area contributed by atoms with E-state index in [1.165, 1.54) is 15.6 Å². The Morgan fingerprint density at radius 2 is 1.94 bits per heavy atom. The number of ether oxygens (including phenoxy) is 1. The van der Waals surface area contributed by atoms with Crippen LogP contribution in [-0.4, -0.2) is 64.2 Å². The van der Waals surface area contributed by atoms with E-state index in [0.717, 1.165) is 5.56 Å². The second kappa shape index (κ2) is 9.95. The molecule has 0 spiro atoms. The fourth-order valence-corrected chi connectivity index (χ4v) is 3.49. The number of aromatic nitrogens is 2. The van der Waals surface area contributed by atoms with E-state index in [4.69, 9.17) is 4.74 Å². The van der Waals surface area contributed by atoms with E-state index in [0.29, 0.717) is 26.1 Å². The van der Waals surface area contributed by atoms with Crippen LogP contribution in [0.25, 0.3) is 0 Å². The van der Waals surface area contributed by atoms with Crippen molar-refractivity contribution in [2.75, 3.05) is 20.2 Å². The number of fused-ring (bicyclic) bond motifs is 1. The van der Waals surface area contributed by atoms with Gasteiger partial charge in [0.2, 0.25) is 5.91 Å². The molecule has 172 valence electrons. The topological polar surface area (TPSA) is 106 Å². The number of amides is 3. The molecule has 0 aliphatic carbocycles. The molecular formula is C23H31N5O4. The summed E-state index contributed by atoms with van der Waals surface area (Å²) in [5.74, 6) is -0.998. The monoisotopic (exact) mass is 441 g/mol. The van der Waals surface area contributed by atoms with Gasteiger partial charge in [-0.05, 0) is 32.8 Å². The first-order valence-corrected chi connectivity index (χ1v) is 10.8. The van der Waals surface area contributed by atoms with Gasteiger partial charge in [0.15, 0.2) is 5.69 Å². The Balaban J connectivity index is 1.65. The van der Waals surface area contributed by atoms with Gasteiger partial charge in [-0.25, -0.2) is 0 Å². The van der Waals surface area contributed by atoms with Gasteiger partial charge in [-0.2, -0.15) is 5.10 Å². The van der Waals surface area contributed by atoms with Crippen molar-refractivity contribution in [3.05, 3.63) is 53.3 Å². The van der Waals surface area contributed by atoms with Crippen LogP contribution in [-0.2, 0) is 22.6 Å². The van der Waals surface area contributed by atoms with Gasteiger partial charge in [-0.1, -0.05) is 30.3 Å². The lowest BCUT2D eigenvalue weighted by Crippen LogP contribution is -2.62. The summed E-state index contributed by atoms with van der Waals surface area (Å²) in [6.07, 6.45) is 0.825. The van der Waals surface area contributed by atoms with Gasteiger partial charge < -0.3 is 20.3 Å². The summed E-state index contributed by atoms with van der Waals surface area (Å²) in [7, 11) is 1.59. The number of hydrogen-bond acceptors (Lipinski definition) is 5. The van der Waals surface area contributed by atoms with Crippen molar-refractivity contribution < 1.29 is 19.1 Å².